The third-order valence-electron chi connectivity index (χ3n) is 10.7. The monoisotopic (exact) mass is 630 g/mol. The van der Waals surface area contributed by atoms with Crippen molar-refractivity contribution in [3.63, 3.8) is 0 Å². The van der Waals surface area contributed by atoms with E-state index in [0.717, 1.165) is 74.8 Å². The largest absolute Gasteiger partial charge is 0.493 e. The lowest BCUT2D eigenvalue weighted by atomic mass is 9.69. The summed E-state index contributed by atoms with van der Waals surface area (Å²) in [6.07, 6.45) is 12.6. The van der Waals surface area contributed by atoms with E-state index in [1.54, 1.807) is 0 Å². The lowest BCUT2D eigenvalue weighted by Gasteiger charge is -2.37. The van der Waals surface area contributed by atoms with Crippen molar-refractivity contribution >= 4 is 0 Å². The predicted octanol–water partition coefficient (Wildman–Crippen LogP) is 11.7. The highest BCUT2D eigenvalue weighted by atomic mass is 19.3. The third-order valence-corrected chi connectivity index (χ3v) is 10.7. The van der Waals surface area contributed by atoms with Gasteiger partial charge in [-0.2, -0.15) is 8.78 Å². The molecule has 8 heteroatoms. The molecule has 1 aromatic rings. The molecule has 0 saturated heterocycles. The SMILES string of the molecule is CCCCCC1CCC(OCC(F)(F)Oc2ccc(OCC3CCC(C4CCC(CCC)CC4)CC3)c(C(F)F)c2F)CC1. The molecule has 44 heavy (non-hydrogen) atoms. The maximum Gasteiger partial charge on any atom is 0.422 e. The average Bonchev–Trinajstić information content (AvgIpc) is 3.01. The Morgan fingerprint density at radius 3 is 1.89 bits per heavy atom. The third kappa shape index (κ3) is 10.5. The smallest absolute Gasteiger partial charge is 0.422 e. The Morgan fingerprint density at radius 1 is 0.727 bits per heavy atom. The van der Waals surface area contributed by atoms with Crippen LogP contribution in [0.5, 0.6) is 11.5 Å². The zero-order chi connectivity index (χ0) is 31.5. The summed E-state index contributed by atoms with van der Waals surface area (Å²) in [5.41, 5.74) is -1.03. The Labute approximate surface area is 262 Å². The van der Waals surface area contributed by atoms with Crippen molar-refractivity contribution in [2.45, 2.75) is 148 Å². The normalized spacial score (nSPS) is 28.3. The van der Waals surface area contributed by atoms with Crippen molar-refractivity contribution in [1.82, 2.24) is 0 Å². The Kier molecular flexibility index (Phi) is 13.9. The van der Waals surface area contributed by atoms with E-state index in [-0.39, 0.29) is 24.4 Å². The zero-order valence-corrected chi connectivity index (χ0v) is 27.0. The second-order valence-electron chi connectivity index (χ2n) is 13.9. The summed E-state index contributed by atoms with van der Waals surface area (Å²) in [7, 11) is 0. The van der Waals surface area contributed by atoms with Crippen LogP contribution in [0.3, 0.4) is 0 Å². The van der Waals surface area contributed by atoms with E-state index in [4.69, 9.17) is 9.47 Å². The van der Waals surface area contributed by atoms with Crippen LogP contribution in [0, 0.1) is 35.4 Å². The first kappa shape index (κ1) is 35.3. The van der Waals surface area contributed by atoms with Gasteiger partial charge in [0, 0.05) is 0 Å². The maximum absolute atomic E-state index is 15.1. The van der Waals surface area contributed by atoms with Crippen molar-refractivity contribution in [2.75, 3.05) is 13.2 Å². The van der Waals surface area contributed by atoms with Gasteiger partial charge in [0.15, 0.2) is 18.2 Å². The Balaban J connectivity index is 1.23. The van der Waals surface area contributed by atoms with Gasteiger partial charge in [-0.05, 0) is 106 Å². The van der Waals surface area contributed by atoms with Crippen molar-refractivity contribution in [1.29, 1.82) is 0 Å². The van der Waals surface area contributed by atoms with E-state index in [0.29, 0.717) is 18.8 Å². The van der Waals surface area contributed by atoms with Gasteiger partial charge in [-0.25, -0.2) is 13.2 Å². The van der Waals surface area contributed by atoms with Gasteiger partial charge in [0.2, 0.25) is 0 Å². The number of rotatable bonds is 16. The van der Waals surface area contributed by atoms with Crippen LogP contribution >= 0.6 is 0 Å². The number of benzene rings is 1. The minimum Gasteiger partial charge on any atom is -0.493 e. The quantitative estimate of drug-likeness (QED) is 0.134. The lowest BCUT2D eigenvalue weighted by Crippen LogP contribution is -2.34. The molecule has 0 heterocycles. The van der Waals surface area contributed by atoms with E-state index in [1.165, 1.54) is 57.8 Å². The first-order valence-corrected chi connectivity index (χ1v) is 17.6. The van der Waals surface area contributed by atoms with Crippen LogP contribution in [0.15, 0.2) is 12.1 Å². The van der Waals surface area contributed by atoms with E-state index >= 15 is 4.39 Å². The Bertz CT molecular complexity index is 965. The zero-order valence-electron chi connectivity index (χ0n) is 27.0. The highest BCUT2D eigenvalue weighted by molar-refractivity contribution is 5.43. The van der Waals surface area contributed by atoms with E-state index in [9.17, 15) is 17.6 Å². The van der Waals surface area contributed by atoms with Crippen LogP contribution in [0.1, 0.15) is 141 Å². The van der Waals surface area contributed by atoms with Crippen LogP contribution in [-0.4, -0.2) is 25.4 Å². The number of alkyl halides is 4. The first-order chi connectivity index (χ1) is 21.2. The summed E-state index contributed by atoms with van der Waals surface area (Å²) < 4.78 is 88.0. The van der Waals surface area contributed by atoms with Crippen molar-refractivity contribution < 1.29 is 36.2 Å². The molecule has 0 bridgehead atoms. The van der Waals surface area contributed by atoms with Gasteiger partial charge >= 0.3 is 6.11 Å². The van der Waals surface area contributed by atoms with E-state index < -0.39 is 36.3 Å². The number of halogens is 5. The number of ether oxygens (including phenoxy) is 3. The molecule has 0 radical (unpaired) electrons. The minimum absolute atomic E-state index is 0.208. The highest BCUT2D eigenvalue weighted by Crippen LogP contribution is 2.43. The summed E-state index contributed by atoms with van der Waals surface area (Å²) in [5, 5.41) is 0. The molecule has 0 aromatic heterocycles. The predicted molar refractivity (Wildman–Crippen MR) is 164 cm³/mol. The summed E-state index contributed by atoms with van der Waals surface area (Å²) in [4.78, 5) is 0. The van der Waals surface area contributed by atoms with Crippen LogP contribution in [0.25, 0.3) is 0 Å². The molecular weight excluding hydrogens is 575 g/mol. The molecule has 0 atom stereocenters. The van der Waals surface area contributed by atoms with Gasteiger partial charge < -0.3 is 14.2 Å². The second-order valence-corrected chi connectivity index (χ2v) is 13.9. The fraction of sp³-hybridized carbons (Fsp3) is 0.833. The first-order valence-electron chi connectivity index (χ1n) is 17.6. The van der Waals surface area contributed by atoms with Crippen molar-refractivity contribution in [3.8, 4) is 11.5 Å². The molecule has 3 aliphatic carbocycles. The molecule has 0 aliphatic heterocycles. The van der Waals surface area contributed by atoms with Crippen LogP contribution in [0.2, 0.25) is 0 Å². The van der Waals surface area contributed by atoms with Gasteiger partial charge in [0.1, 0.15) is 5.75 Å². The van der Waals surface area contributed by atoms with Gasteiger partial charge in [-0.3, -0.25) is 0 Å². The summed E-state index contributed by atoms with van der Waals surface area (Å²) in [5.74, 6) is 0.470. The summed E-state index contributed by atoms with van der Waals surface area (Å²) >= 11 is 0. The molecule has 1 aromatic carbocycles. The fourth-order valence-corrected chi connectivity index (χ4v) is 8.03. The molecule has 252 valence electrons. The second kappa shape index (κ2) is 17.4. The molecule has 4 rings (SSSR count). The standard InChI is InChI=1S/C36H55F5O3/c1-3-5-6-8-26-13-19-30(20-14-26)43-24-36(40,41)44-32-22-21-31(33(34(32)37)35(38)39)42-23-27-11-17-29(18-12-27)28-15-9-25(7-4-2)10-16-28/h21-22,25-30,35H,3-20,23-24H2,1-2H3. The molecule has 0 amide bonds. The van der Waals surface area contributed by atoms with E-state index in [2.05, 4.69) is 18.6 Å². The van der Waals surface area contributed by atoms with Gasteiger partial charge in [-0.1, -0.05) is 65.2 Å². The number of hydrogen-bond acceptors (Lipinski definition) is 3. The van der Waals surface area contributed by atoms with Gasteiger partial charge in [0.25, 0.3) is 6.43 Å². The van der Waals surface area contributed by atoms with Crippen molar-refractivity contribution in [2.24, 2.45) is 29.6 Å². The van der Waals surface area contributed by atoms with Gasteiger partial charge in [-0.15, -0.1) is 0 Å². The molecule has 3 saturated carbocycles. The molecule has 0 N–H and O–H groups in total. The Hall–Kier alpha value is -1.57. The molecule has 0 spiro atoms. The van der Waals surface area contributed by atoms with Crippen LogP contribution in [-0.2, 0) is 4.74 Å². The number of hydrogen-bond donors (Lipinski definition) is 0. The van der Waals surface area contributed by atoms with Gasteiger partial charge in [0.05, 0.1) is 18.3 Å². The van der Waals surface area contributed by atoms with Crippen LogP contribution < -0.4 is 9.47 Å². The summed E-state index contributed by atoms with van der Waals surface area (Å²) in [6.45, 7) is 3.58. The molecule has 0 unspecified atom stereocenters. The minimum atomic E-state index is -3.85. The van der Waals surface area contributed by atoms with Crippen molar-refractivity contribution in [3.05, 3.63) is 23.5 Å². The molecule has 3 aliphatic rings. The molecule has 3 nitrogen and oxygen atoms in total. The number of unbranched alkanes of at least 4 members (excludes halogenated alkanes) is 2. The molecular formula is C36H55F5O3. The summed E-state index contributed by atoms with van der Waals surface area (Å²) in [6, 6.07) is 2.08. The Morgan fingerprint density at radius 2 is 1.30 bits per heavy atom. The van der Waals surface area contributed by atoms with Crippen LogP contribution in [0.4, 0.5) is 22.0 Å². The fourth-order valence-electron chi connectivity index (χ4n) is 8.03. The highest BCUT2D eigenvalue weighted by Gasteiger charge is 2.37. The topological polar surface area (TPSA) is 27.7 Å². The average molecular weight is 631 g/mol. The molecule has 3 fully saturated rings. The maximum atomic E-state index is 15.1. The lowest BCUT2D eigenvalue weighted by molar-refractivity contribution is -0.223. The van der Waals surface area contributed by atoms with E-state index in [1.807, 2.05) is 0 Å².